The van der Waals surface area contributed by atoms with E-state index in [4.69, 9.17) is 0 Å². The summed E-state index contributed by atoms with van der Waals surface area (Å²) in [5.74, 6) is 0. The summed E-state index contributed by atoms with van der Waals surface area (Å²) in [6.45, 7) is 16.4. The lowest BCUT2D eigenvalue weighted by Gasteiger charge is -2.14. The summed E-state index contributed by atoms with van der Waals surface area (Å²) in [5.41, 5.74) is 4.34. The molecule has 2 unspecified atom stereocenters. The lowest BCUT2D eigenvalue weighted by atomic mass is 10.1. The van der Waals surface area contributed by atoms with Crippen molar-refractivity contribution in [1.29, 1.82) is 0 Å². The molecule has 0 radical (unpaired) electrons. The van der Waals surface area contributed by atoms with Crippen molar-refractivity contribution in [1.82, 2.24) is 19.3 Å². The molecular weight excluding hydrogens is 367 g/mol. The van der Waals surface area contributed by atoms with E-state index >= 15 is 0 Å². The second-order valence-corrected chi connectivity index (χ2v) is 6.25. The predicted molar refractivity (Wildman–Crippen MR) is 120 cm³/mol. The molecule has 0 saturated carbocycles. The van der Waals surface area contributed by atoms with Gasteiger partial charge in [0.25, 0.3) is 0 Å². The van der Waals surface area contributed by atoms with Crippen molar-refractivity contribution < 1.29 is 4.39 Å². The second kappa shape index (κ2) is 14.4. The fourth-order valence-electron chi connectivity index (χ4n) is 2.65. The molecular formula is C22H37FN6. The van der Waals surface area contributed by atoms with Crippen LogP contribution in [0.2, 0.25) is 0 Å². The Bertz CT molecular complexity index is 804. The lowest BCUT2D eigenvalue weighted by Crippen LogP contribution is -2.26. The van der Waals surface area contributed by atoms with Gasteiger partial charge in [0.15, 0.2) is 0 Å². The molecule has 2 heterocycles. The van der Waals surface area contributed by atoms with Gasteiger partial charge in [0, 0.05) is 38.0 Å². The van der Waals surface area contributed by atoms with Gasteiger partial charge in [0.05, 0.1) is 12.0 Å². The largest absolute Gasteiger partial charge is 0.320 e. The van der Waals surface area contributed by atoms with E-state index < -0.39 is 6.17 Å². The van der Waals surface area contributed by atoms with Gasteiger partial charge < -0.3 is 4.57 Å². The van der Waals surface area contributed by atoms with Gasteiger partial charge in [-0.3, -0.25) is 9.98 Å². The summed E-state index contributed by atoms with van der Waals surface area (Å²) in [7, 11) is 3.80. The van der Waals surface area contributed by atoms with Crippen LogP contribution in [0.1, 0.15) is 64.2 Å². The van der Waals surface area contributed by atoms with E-state index in [0.29, 0.717) is 0 Å². The zero-order chi connectivity index (χ0) is 22.4. The summed E-state index contributed by atoms with van der Waals surface area (Å²) in [5, 5.41) is 4.35. The number of alkyl halides is 1. The normalized spacial score (nSPS) is 12.8. The third-order valence-electron chi connectivity index (χ3n) is 4.09. The maximum absolute atomic E-state index is 11.3. The molecule has 0 bridgehead atoms. The minimum Gasteiger partial charge on any atom is -0.320 e. The van der Waals surface area contributed by atoms with E-state index in [1.54, 1.807) is 6.20 Å². The first kappa shape index (κ1) is 26.4. The Morgan fingerprint density at radius 3 is 2.41 bits per heavy atom. The molecule has 0 amide bonds. The number of rotatable bonds is 7. The Labute approximate surface area is 174 Å². The van der Waals surface area contributed by atoms with Gasteiger partial charge in [-0.05, 0) is 33.1 Å². The van der Waals surface area contributed by atoms with E-state index in [2.05, 4.69) is 40.3 Å². The number of allylic oxidation sites excluding steroid dienone is 1. The van der Waals surface area contributed by atoms with Crippen LogP contribution in [0.5, 0.6) is 0 Å². The Kier molecular flexibility index (Phi) is 13.2. The van der Waals surface area contributed by atoms with E-state index in [-0.39, 0.29) is 6.17 Å². The average molecular weight is 405 g/mol. The van der Waals surface area contributed by atoms with Crippen LogP contribution in [-0.2, 0) is 19.9 Å². The molecule has 29 heavy (non-hydrogen) atoms. The zero-order valence-corrected chi connectivity index (χ0v) is 19.1. The number of halogens is 1. The SMILES string of the molecule is C=CC(C)F.C=NC(C)n1nccc1Cc1ncn(C)c(=NC)c1CCC.CC. The molecule has 0 N–H and O–H groups in total. The third-order valence-corrected chi connectivity index (χ3v) is 4.09. The molecule has 0 fully saturated rings. The van der Waals surface area contributed by atoms with E-state index in [0.717, 1.165) is 36.1 Å². The molecule has 0 aromatic carbocycles. The summed E-state index contributed by atoms with van der Waals surface area (Å²) >= 11 is 0. The van der Waals surface area contributed by atoms with Crippen molar-refractivity contribution in [3.63, 3.8) is 0 Å². The summed E-state index contributed by atoms with van der Waals surface area (Å²) in [6, 6.07) is 2.01. The Balaban J connectivity index is 0.000000977. The van der Waals surface area contributed by atoms with Crippen molar-refractivity contribution in [3.8, 4) is 0 Å². The molecule has 2 atom stereocenters. The molecule has 0 aliphatic carbocycles. The lowest BCUT2D eigenvalue weighted by molar-refractivity contribution is 0.431. The van der Waals surface area contributed by atoms with Gasteiger partial charge in [0.2, 0.25) is 0 Å². The van der Waals surface area contributed by atoms with Gasteiger partial charge in [0.1, 0.15) is 17.8 Å². The molecule has 2 aromatic heterocycles. The molecule has 0 saturated heterocycles. The quantitative estimate of drug-likeness (QED) is 0.505. The van der Waals surface area contributed by atoms with E-state index in [9.17, 15) is 4.39 Å². The molecule has 2 aromatic rings. The zero-order valence-electron chi connectivity index (χ0n) is 19.1. The van der Waals surface area contributed by atoms with Crippen LogP contribution in [0.4, 0.5) is 4.39 Å². The minimum atomic E-state index is -0.852. The number of hydrogen-bond acceptors (Lipinski definition) is 4. The standard InChI is InChI=1S/C16H24N6.C4H7F.C2H6/c1-6-7-14-15(19-11-21(5)16(14)18-4)10-13-8-9-20-22(13)12(2)17-3;1-3-4(2)5;1-2/h8-9,11-12H,3,6-7,10H2,1-2,4-5H3;3-4H,1H2,2H3;1-2H3. The van der Waals surface area contributed by atoms with Crippen LogP contribution in [0, 0.1) is 0 Å². The number of nitrogens with zero attached hydrogens (tertiary/aromatic N) is 6. The van der Waals surface area contributed by atoms with Gasteiger partial charge in [-0.1, -0.05) is 33.3 Å². The fourth-order valence-corrected chi connectivity index (χ4v) is 2.65. The van der Waals surface area contributed by atoms with Gasteiger partial charge in [-0.25, -0.2) is 14.1 Å². The molecule has 0 aliphatic heterocycles. The fraction of sp³-hybridized carbons (Fsp3) is 0.545. The summed E-state index contributed by atoms with van der Waals surface area (Å²) in [4.78, 5) is 13.1. The van der Waals surface area contributed by atoms with Crippen LogP contribution in [0.25, 0.3) is 0 Å². The first-order chi connectivity index (χ1) is 13.9. The first-order valence-electron chi connectivity index (χ1n) is 10.1. The van der Waals surface area contributed by atoms with Crippen molar-refractivity contribution in [2.75, 3.05) is 7.05 Å². The van der Waals surface area contributed by atoms with Crippen LogP contribution >= 0.6 is 0 Å². The Hall–Kier alpha value is -2.57. The highest BCUT2D eigenvalue weighted by molar-refractivity contribution is 5.25. The van der Waals surface area contributed by atoms with Gasteiger partial charge in [-0.15, -0.1) is 6.58 Å². The maximum atomic E-state index is 11.3. The molecule has 7 heteroatoms. The van der Waals surface area contributed by atoms with Crippen LogP contribution < -0.4 is 5.49 Å². The highest BCUT2D eigenvalue weighted by Crippen LogP contribution is 2.15. The van der Waals surface area contributed by atoms with Crippen molar-refractivity contribution in [3.05, 3.63) is 53.7 Å². The molecule has 2 rings (SSSR count). The number of aromatic nitrogens is 4. The number of aryl methyl sites for hydroxylation is 1. The molecule has 0 aliphatic rings. The van der Waals surface area contributed by atoms with Gasteiger partial charge in [-0.2, -0.15) is 5.10 Å². The first-order valence-corrected chi connectivity index (χ1v) is 10.1. The highest BCUT2D eigenvalue weighted by atomic mass is 19.1. The van der Waals surface area contributed by atoms with E-state index in [1.165, 1.54) is 18.6 Å². The van der Waals surface area contributed by atoms with Crippen LogP contribution in [0.3, 0.4) is 0 Å². The summed E-state index contributed by atoms with van der Waals surface area (Å²) in [6.07, 6.45) is 6.69. The maximum Gasteiger partial charge on any atom is 0.138 e. The summed E-state index contributed by atoms with van der Waals surface area (Å²) < 4.78 is 15.2. The highest BCUT2D eigenvalue weighted by Gasteiger charge is 2.13. The Morgan fingerprint density at radius 1 is 1.31 bits per heavy atom. The monoisotopic (exact) mass is 404 g/mol. The average Bonchev–Trinajstić information content (AvgIpc) is 3.20. The topological polar surface area (TPSA) is 60.4 Å². The Morgan fingerprint density at radius 2 is 1.93 bits per heavy atom. The molecule has 6 nitrogen and oxygen atoms in total. The molecule has 162 valence electrons. The van der Waals surface area contributed by atoms with Crippen molar-refractivity contribution in [2.45, 2.75) is 66.2 Å². The van der Waals surface area contributed by atoms with Crippen molar-refractivity contribution >= 4 is 6.72 Å². The smallest absolute Gasteiger partial charge is 0.138 e. The third kappa shape index (κ3) is 8.13. The van der Waals surface area contributed by atoms with Crippen LogP contribution in [-0.4, -0.2) is 39.3 Å². The van der Waals surface area contributed by atoms with Gasteiger partial charge >= 0.3 is 0 Å². The second-order valence-electron chi connectivity index (χ2n) is 6.25. The predicted octanol–water partition coefficient (Wildman–Crippen LogP) is 4.47. The molecule has 0 spiro atoms. The number of hydrogen-bond donors (Lipinski definition) is 0. The van der Waals surface area contributed by atoms with E-state index in [1.807, 2.05) is 56.5 Å². The van der Waals surface area contributed by atoms with Crippen LogP contribution in [0.15, 0.2) is 41.2 Å². The number of aliphatic imine (C=N–C) groups is 1. The minimum absolute atomic E-state index is 0.0743. The van der Waals surface area contributed by atoms with Crippen molar-refractivity contribution in [2.24, 2.45) is 17.0 Å².